The molecule has 0 aliphatic heterocycles. The molecule has 1 amide bonds. The van der Waals surface area contributed by atoms with E-state index in [1.54, 1.807) is 0 Å². The average Bonchev–Trinajstić information content (AvgIpc) is 2.37. The Kier molecular flexibility index (Phi) is 8.84. The first-order valence-electron chi connectivity index (χ1n) is 9.13. The van der Waals surface area contributed by atoms with Crippen molar-refractivity contribution in [2.45, 2.75) is 90.7 Å². The molecule has 0 bridgehead atoms. The Balaban J connectivity index is 2.34. The van der Waals surface area contributed by atoms with E-state index in [0.29, 0.717) is 6.04 Å². The lowest BCUT2D eigenvalue weighted by molar-refractivity contribution is 0.0250. The van der Waals surface area contributed by atoms with Crippen LogP contribution in [0.3, 0.4) is 0 Å². The fourth-order valence-electron chi connectivity index (χ4n) is 2.95. The number of nitrogens with one attached hydrogen (secondary N) is 1. The van der Waals surface area contributed by atoms with Gasteiger partial charge >= 0.3 is 6.09 Å². The van der Waals surface area contributed by atoms with Crippen LogP contribution in [0.4, 0.5) is 4.79 Å². The molecule has 1 aliphatic carbocycles. The lowest BCUT2D eigenvalue weighted by Gasteiger charge is -2.28. The van der Waals surface area contributed by atoms with Crippen LogP contribution in [-0.2, 0) is 4.74 Å². The van der Waals surface area contributed by atoms with Gasteiger partial charge in [-0.15, -0.1) is 0 Å². The maximum Gasteiger partial charge on any atom is 0.410 e. The zero-order valence-corrected chi connectivity index (χ0v) is 15.1. The summed E-state index contributed by atoms with van der Waals surface area (Å²) in [6.07, 6.45) is 10.1. The monoisotopic (exact) mass is 312 g/mol. The zero-order valence-electron chi connectivity index (χ0n) is 15.1. The fourth-order valence-corrected chi connectivity index (χ4v) is 2.95. The Morgan fingerprint density at radius 3 is 2.23 bits per heavy atom. The van der Waals surface area contributed by atoms with E-state index in [0.717, 1.165) is 26.1 Å². The third-order valence-corrected chi connectivity index (χ3v) is 4.07. The van der Waals surface area contributed by atoms with E-state index in [1.165, 1.54) is 44.9 Å². The minimum atomic E-state index is -0.421. The summed E-state index contributed by atoms with van der Waals surface area (Å²) in [7, 11) is 0. The van der Waals surface area contributed by atoms with Gasteiger partial charge in [-0.1, -0.05) is 39.0 Å². The summed E-state index contributed by atoms with van der Waals surface area (Å²) in [6, 6.07) is 0.627. The molecule has 0 radical (unpaired) electrons. The van der Waals surface area contributed by atoms with Gasteiger partial charge in [0.15, 0.2) is 0 Å². The van der Waals surface area contributed by atoms with Crippen molar-refractivity contribution in [3.05, 3.63) is 0 Å². The van der Waals surface area contributed by atoms with E-state index < -0.39 is 5.60 Å². The Bertz CT molecular complexity index is 305. The summed E-state index contributed by atoms with van der Waals surface area (Å²) in [5.41, 5.74) is -0.421. The van der Waals surface area contributed by atoms with Crippen LogP contribution in [0.25, 0.3) is 0 Å². The molecule has 0 spiro atoms. The predicted molar refractivity (Wildman–Crippen MR) is 92.2 cm³/mol. The van der Waals surface area contributed by atoms with E-state index in [1.807, 2.05) is 25.7 Å². The fraction of sp³-hybridized carbons (Fsp3) is 0.944. The molecule has 1 saturated carbocycles. The van der Waals surface area contributed by atoms with Crippen molar-refractivity contribution in [2.24, 2.45) is 0 Å². The molecular weight excluding hydrogens is 276 g/mol. The Morgan fingerprint density at radius 2 is 1.68 bits per heavy atom. The lowest BCUT2D eigenvalue weighted by atomic mass is 9.97. The van der Waals surface area contributed by atoms with Gasteiger partial charge in [0, 0.05) is 25.7 Å². The zero-order chi connectivity index (χ0) is 16.4. The van der Waals surface area contributed by atoms with Crippen LogP contribution in [-0.4, -0.2) is 42.3 Å². The Morgan fingerprint density at radius 1 is 1.09 bits per heavy atom. The van der Waals surface area contributed by atoms with Crippen molar-refractivity contribution in [1.82, 2.24) is 10.2 Å². The van der Waals surface area contributed by atoms with Crippen LogP contribution in [0.1, 0.15) is 79.1 Å². The molecule has 0 saturated heterocycles. The summed E-state index contributed by atoms with van der Waals surface area (Å²) in [6.45, 7) is 10.2. The number of nitrogens with zero attached hydrogens (tertiary/aromatic N) is 1. The number of hydrogen-bond donors (Lipinski definition) is 1. The molecule has 1 fully saturated rings. The minimum absolute atomic E-state index is 0.186. The Hall–Kier alpha value is -0.770. The highest BCUT2D eigenvalue weighted by Gasteiger charge is 2.21. The van der Waals surface area contributed by atoms with Gasteiger partial charge in [-0.05, 0) is 40.0 Å². The first-order chi connectivity index (χ1) is 10.4. The molecule has 4 nitrogen and oxygen atoms in total. The van der Waals surface area contributed by atoms with Crippen molar-refractivity contribution >= 4 is 6.09 Å². The molecule has 0 unspecified atom stereocenters. The van der Waals surface area contributed by atoms with Crippen molar-refractivity contribution in [3.63, 3.8) is 0 Å². The van der Waals surface area contributed by atoms with Crippen LogP contribution in [0.15, 0.2) is 0 Å². The maximum atomic E-state index is 12.2. The molecule has 1 rings (SSSR count). The largest absolute Gasteiger partial charge is 0.444 e. The number of ether oxygens (including phenoxy) is 1. The molecule has 0 aromatic heterocycles. The Labute approximate surface area is 137 Å². The molecule has 0 heterocycles. The molecule has 0 aromatic carbocycles. The maximum absolute atomic E-state index is 12.2. The van der Waals surface area contributed by atoms with Gasteiger partial charge in [-0.25, -0.2) is 4.79 Å². The van der Waals surface area contributed by atoms with Gasteiger partial charge in [-0.3, -0.25) is 0 Å². The summed E-state index contributed by atoms with van der Waals surface area (Å²) >= 11 is 0. The smallest absolute Gasteiger partial charge is 0.410 e. The van der Waals surface area contributed by atoms with Crippen molar-refractivity contribution in [2.75, 3.05) is 19.6 Å². The summed E-state index contributed by atoms with van der Waals surface area (Å²) in [5.74, 6) is 0. The number of carbonyl (C=O) groups is 1. The number of amides is 1. The highest BCUT2D eigenvalue weighted by Crippen LogP contribution is 2.17. The minimum Gasteiger partial charge on any atom is -0.444 e. The van der Waals surface area contributed by atoms with Crippen LogP contribution < -0.4 is 5.32 Å². The van der Waals surface area contributed by atoms with Gasteiger partial charge < -0.3 is 15.0 Å². The van der Waals surface area contributed by atoms with Gasteiger partial charge in [-0.2, -0.15) is 0 Å². The van der Waals surface area contributed by atoms with E-state index >= 15 is 0 Å². The lowest BCUT2D eigenvalue weighted by Crippen LogP contribution is -2.42. The molecule has 0 atom stereocenters. The number of rotatable bonds is 6. The molecule has 130 valence electrons. The quantitative estimate of drug-likeness (QED) is 0.793. The second-order valence-electron chi connectivity index (χ2n) is 7.46. The average molecular weight is 312 g/mol. The molecule has 4 heteroatoms. The standard InChI is InChI=1S/C18H36N2O2/c1-5-14-20(17(21)22-18(2,3)4)15-13-19-16-11-9-7-6-8-10-12-16/h16,19H,5-15H2,1-4H3. The van der Waals surface area contributed by atoms with Crippen molar-refractivity contribution in [1.29, 1.82) is 0 Å². The topological polar surface area (TPSA) is 41.6 Å². The van der Waals surface area contributed by atoms with Crippen molar-refractivity contribution < 1.29 is 9.53 Å². The van der Waals surface area contributed by atoms with E-state index in [9.17, 15) is 4.79 Å². The van der Waals surface area contributed by atoms with Gasteiger partial charge in [0.25, 0.3) is 0 Å². The van der Waals surface area contributed by atoms with E-state index in [2.05, 4.69) is 12.2 Å². The second-order valence-corrected chi connectivity index (χ2v) is 7.46. The molecule has 1 aliphatic rings. The molecule has 22 heavy (non-hydrogen) atoms. The molecule has 1 N–H and O–H groups in total. The molecule has 0 aromatic rings. The number of hydrogen-bond acceptors (Lipinski definition) is 3. The third kappa shape index (κ3) is 8.62. The SMILES string of the molecule is CCCN(CCNC1CCCCCCC1)C(=O)OC(C)(C)C. The highest BCUT2D eigenvalue weighted by molar-refractivity contribution is 5.68. The predicted octanol–water partition coefficient (Wildman–Crippen LogP) is 4.34. The number of carbonyl (C=O) groups excluding carboxylic acids is 1. The molecular formula is C18H36N2O2. The first kappa shape index (κ1) is 19.3. The summed E-state index contributed by atoms with van der Waals surface area (Å²) < 4.78 is 5.49. The summed E-state index contributed by atoms with van der Waals surface area (Å²) in [5, 5.41) is 3.65. The van der Waals surface area contributed by atoms with Crippen molar-refractivity contribution in [3.8, 4) is 0 Å². The summed E-state index contributed by atoms with van der Waals surface area (Å²) in [4.78, 5) is 14.0. The van der Waals surface area contributed by atoms with Crippen LogP contribution in [0.5, 0.6) is 0 Å². The van der Waals surface area contributed by atoms with Gasteiger partial charge in [0.05, 0.1) is 0 Å². The normalized spacial score (nSPS) is 17.6. The van der Waals surface area contributed by atoms with Crippen LogP contribution >= 0.6 is 0 Å². The van der Waals surface area contributed by atoms with E-state index in [-0.39, 0.29) is 6.09 Å². The highest BCUT2D eigenvalue weighted by atomic mass is 16.6. The second kappa shape index (κ2) is 10.1. The van der Waals surface area contributed by atoms with E-state index in [4.69, 9.17) is 4.74 Å². The van der Waals surface area contributed by atoms with Crippen LogP contribution in [0, 0.1) is 0 Å². The third-order valence-electron chi connectivity index (χ3n) is 4.07. The van der Waals surface area contributed by atoms with Crippen LogP contribution in [0.2, 0.25) is 0 Å². The van der Waals surface area contributed by atoms with Gasteiger partial charge in [0.2, 0.25) is 0 Å². The van der Waals surface area contributed by atoms with Gasteiger partial charge in [0.1, 0.15) is 5.60 Å². The first-order valence-corrected chi connectivity index (χ1v) is 9.13.